The molecule has 0 unspecified atom stereocenters. The zero-order valence-corrected chi connectivity index (χ0v) is 15.3. The number of carbonyl (C=O) groups is 2. The summed E-state index contributed by atoms with van der Waals surface area (Å²) in [6.45, 7) is 3.17. The number of imidazole rings is 1. The average molecular weight is 368 g/mol. The number of hydrogen-bond donors (Lipinski definition) is 1. The monoisotopic (exact) mass is 368 g/mol. The Balaban J connectivity index is 1.61. The zero-order valence-electron chi connectivity index (χ0n) is 14.5. The number of aryl methyl sites for hydroxylation is 1. The van der Waals surface area contributed by atoms with Crippen molar-refractivity contribution in [2.45, 2.75) is 19.8 Å². The molecule has 134 valence electrons. The van der Waals surface area contributed by atoms with Crippen LogP contribution in [0, 0.1) is 12.8 Å². The molecule has 2 aromatic heterocycles. The highest BCUT2D eigenvalue weighted by Crippen LogP contribution is 2.27. The van der Waals surface area contributed by atoms with Crippen molar-refractivity contribution in [3.8, 4) is 11.3 Å². The topological polar surface area (TPSA) is 80.7 Å². The Morgan fingerprint density at radius 2 is 1.96 bits per heavy atom. The molecule has 1 aliphatic heterocycles. The number of primary amides is 1. The minimum atomic E-state index is -0.271. The predicted molar refractivity (Wildman–Crippen MR) is 101 cm³/mol. The number of nitrogens with zero attached hydrogens (tertiary/aromatic N) is 3. The van der Waals surface area contributed by atoms with Crippen molar-refractivity contribution in [1.29, 1.82) is 0 Å². The zero-order chi connectivity index (χ0) is 18.3. The first kappa shape index (κ1) is 16.8. The summed E-state index contributed by atoms with van der Waals surface area (Å²) in [5.74, 6) is -0.414. The van der Waals surface area contributed by atoms with E-state index in [-0.39, 0.29) is 17.7 Å². The Bertz CT molecular complexity index is 983. The number of aromatic nitrogens is 2. The molecule has 0 aliphatic carbocycles. The molecule has 6 nitrogen and oxygen atoms in total. The van der Waals surface area contributed by atoms with Gasteiger partial charge in [-0.15, -0.1) is 11.3 Å². The lowest BCUT2D eigenvalue weighted by Gasteiger charge is -2.30. The molecule has 0 spiro atoms. The standard InChI is InChI=1S/C19H20N4O2S/c1-12-4-2-3-5-14(12)15-10-23-16(11-26-19(23)21-15)18(25)22-8-6-13(7-9-22)17(20)24/h2-5,10-11,13H,6-9H2,1H3,(H2,20,24). The fourth-order valence-corrected chi connectivity index (χ4v) is 4.30. The molecule has 0 radical (unpaired) electrons. The summed E-state index contributed by atoms with van der Waals surface area (Å²) in [6.07, 6.45) is 3.19. The number of nitrogens with two attached hydrogens (primary N) is 1. The maximum absolute atomic E-state index is 12.9. The van der Waals surface area contributed by atoms with Crippen LogP contribution in [0.15, 0.2) is 35.8 Å². The number of benzene rings is 1. The first-order chi connectivity index (χ1) is 12.5. The van der Waals surface area contributed by atoms with Crippen molar-refractivity contribution < 1.29 is 9.59 Å². The lowest BCUT2D eigenvalue weighted by molar-refractivity contribution is -0.123. The third kappa shape index (κ3) is 2.88. The third-order valence-corrected chi connectivity index (χ3v) is 5.87. The molecule has 0 atom stereocenters. The normalized spacial score (nSPS) is 15.5. The summed E-state index contributed by atoms with van der Waals surface area (Å²) in [5.41, 5.74) is 9.09. The van der Waals surface area contributed by atoms with E-state index < -0.39 is 0 Å². The van der Waals surface area contributed by atoms with Crippen molar-refractivity contribution in [3.63, 3.8) is 0 Å². The molecule has 7 heteroatoms. The van der Waals surface area contributed by atoms with E-state index in [4.69, 9.17) is 5.73 Å². The van der Waals surface area contributed by atoms with Gasteiger partial charge in [0.05, 0.1) is 5.69 Å². The Morgan fingerprint density at radius 1 is 1.23 bits per heavy atom. The molecular weight excluding hydrogens is 348 g/mol. The fourth-order valence-electron chi connectivity index (χ4n) is 3.46. The van der Waals surface area contributed by atoms with Crippen molar-refractivity contribution in [2.75, 3.05) is 13.1 Å². The number of thiazole rings is 1. The summed E-state index contributed by atoms with van der Waals surface area (Å²) in [6, 6.07) is 8.09. The molecule has 2 amide bonds. The lowest BCUT2D eigenvalue weighted by Crippen LogP contribution is -2.42. The smallest absolute Gasteiger partial charge is 0.271 e. The third-order valence-electron chi connectivity index (χ3n) is 5.03. The largest absolute Gasteiger partial charge is 0.369 e. The van der Waals surface area contributed by atoms with Gasteiger partial charge in [0.25, 0.3) is 5.91 Å². The van der Waals surface area contributed by atoms with E-state index in [1.165, 1.54) is 11.3 Å². The van der Waals surface area contributed by atoms with Gasteiger partial charge in [0.15, 0.2) is 4.96 Å². The summed E-state index contributed by atoms with van der Waals surface area (Å²) in [5, 5.41) is 1.85. The van der Waals surface area contributed by atoms with Crippen LogP contribution < -0.4 is 5.73 Å². The van der Waals surface area contributed by atoms with Crippen LogP contribution in [0.4, 0.5) is 0 Å². The van der Waals surface area contributed by atoms with Crippen LogP contribution in [0.5, 0.6) is 0 Å². The van der Waals surface area contributed by atoms with Crippen LogP contribution in [0.25, 0.3) is 16.2 Å². The highest BCUT2D eigenvalue weighted by molar-refractivity contribution is 7.15. The van der Waals surface area contributed by atoms with Gasteiger partial charge < -0.3 is 10.6 Å². The van der Waals surface area contributed by atoms with Gasteiger partial charge in [-0.25, -0.2) is 4.98 Å². The minimum Gasteiger partial charge on any atom is -0.369 e. The molecule has 0 bridgehead atoms. The maximum Gasteiger partial charge on any atom is 0.271 e. The second-order valence-electron chi connectivity index (χ2n) is 6.68. The van der Waals surface area contributed by atoms with Gasteiger partial charge in [-0.3, -0.25) is 14.0 Å². The van der Waals surface area contributed by atoms with E-state index in [9.17, 15) is 9.59 Å². The molecule has 1 aliphatic rings. The van der Waals surface area contributed by atoms with Gasteiger partial charge in [-0.1, -0.05) is 24.3 Å². The Labute approximate surface area is 155 Å². The summed E-state index contributed by atoms with van der Waals surface area (Å²) >= 11 is 1.46. The van der Waals surface area contributed by atoms with Crippen LogP contribution in [-0.2, 0) is 4.79 Å². The fraction of sp³-hybridized carbons (Fsp3) is 0.316. The summed E-state index contributed by atoms with van der Waals surface area (Å²) < 4.78 is 1.87. The van der Waals surface area contributed by atoms with Gasteiger partial charge in [-0.2, -0.15) is 0 Å². The number of likely N-dealkylation sites (tertiary alicyclic amines) is 1. The number of carbonyl (C=O) groups excluding carboxylic acids is 2. The summed E-state index contributed by atoms with van der Waals surface area (Å²) in [4.78, 5) is 31.5. The van der Waals surface area contributed by atoms with Crippen LogP contribution >= 0.6 is 11.3 Å². The highest BCUT2D eigenvalue weighted by atomic mass is 32.1. The van der Waals surface area contributed by atoms with E-state index >= 15 is 0 Å². The van der Waals surface area contributed by atoms with Gasteiger partial charge >= 0.3 is 0 Å². The summed E-state index contributed by atoms with van der Waals surface area (Å²) in [7, 11) is 0. The van der Waals surface area contributed by atoms with Crippen molar-refractivity contribution in [1.82, 2.24) is 14.3 Å². The Kier molecular flexibility index (Phi) is 4.24. The molecule has 2 N–H and O–H groups in total. The molecule has 3 heterocycles. The van der Waals surface area contributed by atoms with Crippen LogP contribution in [0.1, 0.15) is 28.9 Å². The lowest BCUT2D eigenvalue weighted by atomic mass is 9.96. The van der Waals surface area contributed by atoms with E-state index in [1.54, 1.807) is 4.90 Å². The molecule has 1 fully saturated rings. The molecule has 26 heavy (non-hydrogen) atoms. The molecular formula is C19H20N4O2S. The second-order valence-corrected chi connectivity index (χ2v) is 7.52. The van der Waals surface area contributed by atoms with Crippen molar-refractivity contribution in [2.24, 2.45) is 11.7 Å². The van der Waals surface area contributed by atoms with Gasteiger partial charge in [-0.05, 0) is 25.3 Å². The van der Waals surface area contributed by atoms with Gasteiger partial charge in [0.2, 0.25) is 5.91 Å². The average Bonchev–Trinajstić information content (AvgIpc) is 3.22. The van der Waals surface area contributed by atoms with Crippen molar-refractivity contribution >= 4 is 28.1 Å². The van der Waals surface area contributed by atoms with Gasteiger partial charge in [0, 0.05) is 36.1 Å². The Morgan fingerprint density at radius 3 is 2.65 bits per heavy atom. The van der Waals surface area contributed by atoms with E-state index in [0.29, 0.717) is 31.6 Å². The number of piperidine rings is 1. The SMILES string of the molecule is Cc1ccccc1-c1cn2c(C(=O)N3CCC(C(N)=O)CC3)csc2n1. The number of hydrogen-bond acceptors (Lipinski definition) is 4. The highest BCUT2D eigenvalue weighted by Gasteiger charge is 2.28. The number of fused-ring (bicyclic) bond motifs is 1. The molecule has 0 saturated carbocycles. The minimum absolute atomic E-state index is 0.0205. The number of rotatable bonds is 3. The number of amides is 2. The van der Waals surface area contributed by atoms with E-state index in [2.05, 4.69) is 18.0 Å². The molecule has 1 aromatic carbocycles. The van der Waals surface area contributed by atoms with Crippen LogP contribution in [0.3, 0.4) is 0 Å². The van der Waals surface area contributed by atoms with Crippen LogP contribution in [-0.4, -0.2) is 39.2 Å². The van der Waals surface area contributed by atoms with Crippen molar-refractivity contribution in [3.05, 3.63) is 47.1 Å². The van der Waals surface area contributed by atoms with E-state index in [1.807, 2.05) is 34.2 Å². The van der Waals surface area contributed by atoms with Crippen LogP contribution in [0.2, 0.25) is 0 Å². The van der Waals surface area contributed by atoms with E-state index in [0.717, 1.165) is 21.8 Å². The Hall–Kier alpha value is -2.67. The van der Waals surface area contributed by atoms with Gasteiger partial charge in [0.1, 0.15) is 5.69 Å². The first-order valence-electron chi connectivity index (χ1n) is 8.66. The quantitative estimate of drug-likeness (QED) is 0.772. The molecule has 4 rings (SSSR count). The predicted octanol–water partition coefficient (Wildman–Crippen LogP) is 2.71. The molecule has 3 aromatic rings. The molecule has 1 saturated heterocycles. The first-order valence-corrected chi connectivity index (χ1v) is 9.53. The maximum atomic E-state index is 12.9. The second kappa shape index (κ2) is 6.57.